The van der Waals surface area contributed by atoms with E-state index < -0.39 is 11.4 Å². The Hall–Kier alpha value is -3.02. The van der Waals surface area contributed by atoms with Crippen LogP contribution in [0.3, 0.4) is 0 Å². The summed E-state index contributed by atoms with van der Waals surface area (Å²) in [7, 11) is 0. The van der Waals surface area contributed by atoms with Crippen LogP contribution in [0.4, 0.5) is 4.79 Å². The number of benzene rings is 2. The van der Waals surface area contributed by atoms with Gasteiger partial charge in [-0.1, -0.05) is 49.2 Å². The third-order valence-electron chi connectivity index (χ3n) is 9.17. The molecule has 0 radical (unpaired) electrons. The van der Waals surface area contributed by atoms with Gasteiger partial charge in [0.1, 0.15) is 23.9 Å². The van der Waals surface area contributed by atoms with Gasteiger partial charge in [0.2, 0.25) is 0 Å². The maximum Gasteiger partial charge on any atom is 0.410 e. The monoisotopic (exact) mass is 475 g/mol. The number of aliphatic carboxylic acids is 1. The molecule has 35 heavy (non-hydrogen) atoms. The molecule has 6 heteroatoms. The number of nitrogens with zero attached hydrogens (tertiary/aromatic N) is 1. The highest BCUT2D eigenvalue weighted by Crippen LogP contribution is 2.57. The smallest absolute Gasteiger partial charge is 0.410 e. The van der Waals surface area contributed by atoms with E-state index in [4.69, 9.17) is 9.47 Å². The third kappa shape index (κ3) is 3.69. The van der Waals surface area contributed by atoms with Crippen molar-refractivity contribution in [2.75, 3.05) is 6.54 Å². The number of carboxylic acids is 1. The van der Waals surface area contributed by atoms with Crippen LogP contribution in [0.15, 0.2) is 48.5 Å². The topological polar surface area (TPSA) is 76.1 Å². The van der Waals surface area contributed by atoms with Crippen LogP contribution in [-0.4, -0.2) is 40.8 Å². The fraction of sp³-hybridized carbons (Fsp3) is 0.517. The minimum Gasteiger partial charge on any atom is -0.489 e. The van der Waals surface area contributed by atoms with Crippen LogP contribution in [0.25, 0.3) is 0 Å². The van der Waals surface area contributed by atoms with Gasteiger partial charge in [0, 0.05) is 24.4 Å². The first kappa shape index (κ1) is 22.4. The Kier molecular flexibility index (Phi) is 5.31. The van der Waals surface area contributed by atoms with E-state index in [1.165, 1.54) is 24.0 Å². The molecule has 3 fully saturated rings. The Morgan fingerprint density at radius 2 is 1.94 bits per heavy atom. The van der Waals surface area contributed by atoms with Crippen LogP contribution < -0.4 is 4.74 Å². The average molecular weight is 476 g/mol. The second-order valence-electron chi connectivity index (χ2n) is 11.1. The van der Waals surface area contributed by atoms with Crippen LogP contribution in [0.2, 0.25) is 0 Å². The summed E-state index contributed by atoms with van der Waals surface area (Å²) in [4.78, 5) is 26.7. The van der Waals surface area contributed by atoms with Crippen molar-refractivity contribution in [1.29, 1.82) is 0 Å². The predicted octanol–water partition coefficient (Wildman–Crippen LogP) is 5.32. The highest BCUT2D eigenvalue weighted by atomic mass is 16.6. The SMILES string of the molecule is CC1(C(=O)O)CC1Oc1ccc2c(c1)[C@@]13CCCC[C@H]1[C@@H](C2)N(C(=O)OCc1ccccc1)CC3. The fourth-order valence-electron chi connectivity index (χ4n) is 6.97. The Morgan fingerprint density at radius 3 is 2.71 bits per heavy atom. The molecular formula is C29H33NO5. The summed E-state index contributed by atoms with van der Waals surface area (Å²) < 4.78 is 11.9. The molecule has 2 aromatic carbocycles. The second kappa shape index (κ2) is 8.28. The van der Waals surface area contributed by atoms with E-state index >= 15 is 0 Å². The molecule has 0 spiro atoms. The number of amides is 1. The number of fused-ring (bicyclic) bond motifs is 1. The van der Waals surface area contributed by atoms with Gasteiger partial charge in [-0.05, 0) is 67.3 Å². The van der Waals surface area contributed by atoms with Crippen molar-refractivity contribution in [3.8, 4) is 5.75 Å². The molecule has 4 aliphatic rings. The molecule has 2 unspecified atom stereocenters. The maximum absolute atomic E-state index is 13.2. The molecule has 3 aliphatic carbocycles. The average Bonchev–Trinajstić information content (AvgIpc) is 3.54. The number of hydrogen-bond donors (Lipinski definition) is 1. The number of piperidine rings is 1. The summed E-state index contributed by atoms with van der Waals surface area (Å²) in [6, 6.07) is 16.3. The molecule has 1 saturated heterocycles. The normalized spacial score (nSPS) is 32.7. The van der Waals surface area contributed by atoms with Crippen LogP contribution >= 0.6 is 0 Å². The number of carbonyl (C=O) groups excluding carboxylic acids is 1. The zero-order valence-corrected chi connectivity index (χ0v) is 20.2. The second-order valence-corrected chi connectivity index (χ2v) is 11.1. The van der Waals surface area contributed by atoms with E-state index in [0.717, 1.165) is 37.0 Å². The summed E-state index contributed by atoms with van der Waals surface area (Å²) in [5.41, 5.74) is 2.94. The molecule has 2 aromatic rings. The van der Waals surface area contributed by atoms with Crippen LogP contribution in [0.5, 0.6) is 5.75 Å². The molecule has 2 bridgehead atoms. The largest absolute Gasteiger partial charge is 0.489 e. The highest BCUT2D eigenvalue weighted by Gasteiger charge is 2.59. The summed E-state index contributed by atoms with van der Waals surface area (Å²) >= 11 is 0. The van der Waals surface area contributed by atoms with Gasteiger partial charge in [0.05, 0.1) is 0 Å². The van der Waals surface area contributed by atoms with Gasteiger partial charge < -0.3 is 19.5 Å². The maximum atomic E-state index is 13.2. The molecule has 1 aliphatic heterocycles. The van der Waals surface area contributed by atoms with Crippen LogP contribution in [0.1, 0.15) is 62.1 Å². The molecule has 5 atom stereocenters. The van der Waals surface area contributed by atoms with Crippen molar-refractivity contribution in [3.05, 3.63) is 65.2 Å². The first-order chi connectivity index (χ1) is 16.9. The molecule has 6 rings (SSSR count). The Balaban J connectivity index is 1.24. The van der Waals surface area contributed by atoms with E-state index in [-0.39, 0.29) is 23.7 Å². The highest BCUT2D eigenvalue weighted by molar-refractivity contribution is 5.79. The summed E-state index contributed by atoms with van der Waals surface area (Å²) in [5.74, 6) is 0.406. The zero-order valence-electron chi connectivity index (χ0n) is 20.2. The lowest BCUT2D eigenvalue weighted by atomic mass is 9.52. The van der Waals surface area contributed by atoms with Crippen molar-refractivity contribution < 1.29 is 24.2 Å². The van der Waals surface area contributed by atoms with E-state index in [1.54, 1.807) is 6.92 Å². The minimum absolute atomic E-state index is 0.0612. The number of hydrogen-bond acceptors (Lipinski definition) is 4. The van der Waals surface area contributed by atoms with E-state index in [1.807, 2.05) is 41.3 Å². The molecule has 1 N–H and O–H groups in total. The summed E-state index contributed by atoms with van der Waals surface area (Å²) in [5, 5.41) is 9.47. The Labute approximate surface area is 206 Å². The standard InChI is InChI=1S/C29H33NO5/c1-28(26(31)32)17-25(28)35-21-11-10-20-15-24-22-9-5-6-12-29(22,23(20)16-21)13-14-30(24)27(33)34-18-19-7-3-2-4-8-19/h2-4,7-8,10-11,16,22,24-25H,5-6,9,12-15,17-18H2,1H3,(H,31,32)/t22-,24+,25?,28?,29+/m0/s1. The molecule has 184 valence electrons. The third-order valence-corrected chi connectivity index (χ3v) is 9.17. The lowest BCUT2D eigenvalue weighted by Gasteiger charge is -2.58. The summed E-state index contributed by atoms with van der Waals surface area (Å²) in [6.45, 7) is 2.76. The number of carboxylic acid groups (broad SMARTS) is 1. The van der Waals surface area contributed by atoms with Gasteiger partial charge in [-0.25, -0.2) is 4.79 Å². The fourth-order valence-corrected chi connectivity index (χ4v) is 6.97. The number of rotatable bonds is 5. The Bertz CT molecular complexity index is 1150. The molecule has 1 heterocycles. The minimum atomic E-state index is -0.791. The molecule has 1 amide bonds. The van der Waals surface area contributed by atoms with Crippen molar-refractivity contribution >= 4 is 12.1 Å². The van der Waals surface area contributed by atoms with Gasteiger partial charge in [0.15, 0.2) is 0 Å². The lowest BCUT2D eigenvalue weighted by Crippen LogP contribution is -2.62. The first-order valence-corrected chi connectivity index (χ1v) is 12.9. The molecular weight excluding hydrogens is 442 g/mol. The van der Waals surface area contributed by atoms with Crippen molar-refractivity contribution in [2.45, 2.75) is 76.0 Å². The van der Waals surface area contributed by atoms with Gasteiger partial charge in [-0.3, -0.25) is 4.79 Å². The number of likely N-dealkylation sites (tertiary alicyclic amines) is 1. The van der Waals surface area contributed by atoms with Crippen molar-refractivity contribution in [1.82, 2.24) is 4.90 Å². The quantitative estimate of drug-likeness (QED) is 0.633. The summed E-state index contributed by atoms with van der Waals surface area (Å²) in [6.07, 6.45) is 6.49. The first-order valence-electron chi connectivity index (χ1n) is 12.9. The van der Waals surface area contributed by atoms with E-state index in [2.05, 4.69) is 12.1 Å². The van der Waals surface area contributed by atoms with Crippen LogP contribution in [0, 0.1) is 11.3 Å². The van der Waals surface area contributed by atoms with Gasteiger partial charge in [-0.2, -0.15) is 0 Å². The molecule has 6 nitrogen and oxygen atoms in total. The molecule has 0 aromatic heterocycles. The lowest BCUT2D eigenvalue weighted by molar-refractivity contribution is -0.143. The number of ether oxygens (including phenoxy) is 2. The molecule has 2 saturated carbocycles. The predicted molar refractivity (Wildman–Crippen MR) is 130 cm³/mol. The number of carbonyl (C=O) groups is 2. The van der Waals surface area contributed by atoms with Gasteiger partial charge in [0.25, 0.3) is 0 Å². The Morgan fingerprint density at radius 1 is 1.11 bits per heavy atom. The van der Waals surface area contributed by atoms with Crippen molar-refractivity contribution in [2.24, 2.45) is 11.3 Å². The van der Waals surface area contributed by atoms with Gasteiger partial charge >= 0.3 is 12.1 Å². The van der Waals surface area contributed by atoms with E-state index in [0.29, 0.717) is 25.5 Å². The van der Waals surface area contributed by atoms with Crippen molar-refractivity contribution in [3.63, 3.8) is 0 Å². The van der Waals surface area contributed by atoms with E-state index in [9.17, 15) is 14.7 Å². The van der Waals surface area contributed by atoms with Crippen LogP contribution in [-0.2, 0) is 28.0 Å². The van der Waals surface area contributed by atoms with Gasteiger partial charge in [-0.15, -0.1) is 0 Å². The zero-order chi connectivity index (χ0) is 24.2.